The Hall–Kier alpha value is -1.19. The standard InChI is InChI=1S/C17H23N3O3S3/c1-4-6-20(13-5-7-26(22,23)9-13)14(21)8-24-16-15-11(2)12(3)25-17(15)19-10-18-16/h10,13H,4-9H2,1-3H3/t13-/m1/s1. The van der Waals surface area contributed by atoms with E-state index in [-0.39, 0.29) is 29.2 Å². The van der Waals surface area contributed by atoms with Gasteiger partial charge in [-0.3, -0.25) is 4.79 Å². The Kier molecular flexibility index (Phi) is 5.88. The summed E-state index contributed by atoms with van der Waals surface area (Å²) < 4.78 is 23.6. The summed E-state index contributed by atoms with van der Waals surface area (Å²) in [4.78, 5) is 25.4. The number of nitrogens with zero attached hydrogens (tertiary/aromatic N) is 3. The van der Waals surface area contributed by atoms with Crippen LogP contribution in [0.4, 0.5) is 0 Å². The first-order valence-electron chi connectivity index (χ1n) is 8.65. The van der Waals surface area contributed by atoms with Gasteiger partial charge in [-0.05, 0) is 32.3 Å². The average Bonchev–Trinajstić information content (AvgIpc) is 3.10. The van der Waals surface area contributed by atoms with Crippen LogP contribution >= 0.6 is 23.1 Å². The van der Waals surface area contributed by atoms with E-state index in [1.165, 1.54) is 23.0 Å². The molecule has 26 heavy (non-hydrogen) atoms. The number of fused-ring (bicyclic) bond motifs is 1. The Bertz CT molecular complexity index is 924. The van der Waals surface area contributed by atoms with Crippen molar-refractivity contribution in [3.8, 4) is 0 Å². The number of thioether (sulfide) groups is 1. The van der Waals surface area contributed by atoms with Crippen molar-refractivity contribution in [2.45, 2.75) is 44.7 Å². The molecule has 142 valence electrons. The zero-order chi connectivity index (χ0) is 18.9. The second-order valence-corrected chi connectivity index (χ2v) is 11.0. The van der Waals surface area contributed by atoms with Gasteiger partial charge in [0.25, 0.3) is 0 Å². The van der Waals surface area contributed by atoms with Gasteiger partial charge >= 0.3 is 0 Å². The van der Waals surface area contributed by atoms with Gasteiger partial charge in [-0.15, -0.1) is 11.3 Å². The van der Waals surface area contributed by atoms with Crippen molar-refractivity contribution in [1.82, 2.24) is 14.9 Å². The quantitative estimate of drug-likeness (QED) is 0.535. The minimum Gasteiger partial charge on any atom is -0.338 e. The van der Waals surface area contributed by atoms with Gasteiger partial charge in [-0.1, -0.05) is 18.7 Å². The summed E-state index contributed by atoms with van der Waals surface area (Å²) in [5.41, 5.74) is 1.16. The average molecular weight is 414 g/mol. The summed E-state index contributed by atoms with van der Waals surface area (Å²) in [6.45, 7) is 6.71. The molecule has 2 aromatic heterocycles. The molecule has 1 fully saturated rings. The fraction of sp³-hybridized carbons (Fsp3) is 0.588. The molecule has 1 amide bonds. The lowest BCUT2D eigenvalue weighted by atomic mass is 10.2. The number of thiophene rings is 1. The third-order valence-electron chi connectivity index (χ3n) is 4.70. The maximum Gasteiger partial charge on any atom is 0.233 e. The van der Waals surface area contributed by atoms with E-state index in [1.807, 2.05) is 6.92 Å². The largest absolute Gasteiger partial charge is 0.338 e. The number of rotatable bonds is 6. The van der Waals surface area contributed by atoms with Crippen LogP contribution in [0.1, 0.15) is 30.2 Å². The molecule has 0 N–H and O–H groups in total. The molecule has 1 aliphatic rings. The molecule has 0 saturated carbocycles. The highest BCUT2D eigenvalue weighted by Gasteiger charge is 2.34. The predicted octanol–water partition coefficient (Wildman–Crippen LogP) is 2.83. The van der Waals surface area contributed by atoms with E-state index in [9.17, 15) is 13.2 Å². The van der Waals surface area contributed by atoms with Crippen LogP contribution in [0.2, 0.25) is 0 Å². The summed E-state index contributed by atoms with van der Waals surface area (Å²) in [5.74, 6) is 0.509. The van der Waals surface area contributed by atoms with Crippen molar-refractivity contribution in [3.63, 3.8) is 0 Å². The molecule has 3 rings (SSSR count). The van der Waals surface area contributed by atoms with Crippen LogP contribution in [0.15, 0.2) is 11.4 Å². The number of carbonyl (C=O) groups excluding carboxylic acids is 1. The first kappa shape index (κ1) is 19.6. The summed E-state index contributed by atoms with van der Waals surface area (Å²) >= 11 is 3.05. The highest BCUT2D eigenvalue weighted by molar-refractivity contribution is 8.00. The Morgan fingerprint density at radius 1 is 1.38 bits per heavy atom. The summed E-state index contributed by atoms with van der Waals surface area (Å²) in [7, 11) is -3.01. The van der Waals surface area contributed by atoms with Gasteiger partial charge in [0.1, 0.15) is 16.2 Å². The zero-order valence-corrected chi connectivity index (χ0v) is 17.6. The number of aryl methyl sites for hydroxylation is 2. The molecule has 6 nitrogen and oxygen atoms in total. The Labute approximate surface area is 162 Å². The molecule has 2 aromatic rings. The number of hydrogen-bond acceptors (Lipinski definition) is 7. The Morgan fingerprint density at radius 2 is 2.15 bits per heavy atom. The van der Waals surface area contributed by atoms with Crippen molar-refractivity contribution in [2.75, 3.05) is 23.8 Å². The van der Waals surface area contributed by atoms with E-state index >= 15 is 0 Å². The van der Waals surface area contributed by atoms with Crippen molar-refractivity contribution >= 4 is 49.1 Å². The first-order valence-corrected chi connectivity index (χ1v) is 12.3. The monoisotopic (exact) mass is 413 g/mol. The zero-order valence-electron chi connectivity index (χ0n) is 15.2. The highest BCUT2D eigenvalue weighted by atomic mass is 32.2. The van der Waals surface area contributed by atoms with Crippen LogP contribution in [0.3, 0.4) is 0 Å². The van der Waals surface area contributed by atoms with Gasteiger partial charge in [0.05, 0.1) is 17.3 Å². The van der Waals surface area contributed by atoms with E-state index in [2.05, 4.69) is 23.8 Å². The van der Waals surface area contributed by atoms with Crippen LogP contribution in [0.25, 0.3) is 10.2 Å². The molecule has 9 heteroatoms. The minimum absolute atomic E-state index is 0.0182. The fourth-order valence-corrected chi connectivity index (χ4v) is 6.98. The van der Waals surface area contributed by atoms with Crippen molar-refractivity contribution in [1.29, 1.82) is 0 Å². The highest BCUT2D eigenvalue weighted by Crippen LogP contribution is 2.34. The topological polar surface area (TPSA) is 80.2 Å². The van der Waals surface area contributed by atoms with Gasteiger partial charge in [0.15, 0.2) is 9.84 Å². The number of sulfone groups is 1. The molecule has 0 aliphatic carbocycles. The fourth-order valence-electron chi connectivity index (χ4n) is 3.25. The van der Waals surface area contributed by atoms with E-state index < -0.39 is 9.84 Å². The van der Waals surface area contributed by atoms with E-state index in [0.717, 1.165) is 27.2 Å². The lowest BCUT2D eigenvalue weighted by molar-refractivity contribution is -0.130. The van der Waals surface area contributed by atoms with Crippen LogP contribution in [0.5, 0.6) is 0 Å². The smallest absolute Gasteiger partial charge is 0.233 e. The Morgan fingerprint density at radius 3 is 2.81 bits per heavy atom. The third-order valence-corrected chi connectivity index (χ3v) is 8.54. The maximum atomic E-state index is 12.8. The molecule has 1 saturated heterocycles. The first-order chi connectivity index (χ1) is 12.3. The summed E-state index contributed by atoms with van der Waals surface area (Å²) in [5, 5.41) is 1.85. The lowest BCUT2D eigenvalue weighted by Gasteiger charge is -2.27. The van der Waals surface area contributed by atoms with Gasteiger partial charge in [-0.2, -0.15) is 0 Å². The number of hydrogen-bond donors (Lipinski definition) is 0. The molecule has 1 atom stereocenters. The van der Waals surface area contributed by atoms with Crippen molar-refractivity contribution < 1.29 is 13.2 Å². The minimum atomic E-state index is -3.01. The van der Waals surface area contributed by atoms with Gasteiger partial charge in [0.2, 0.25) is 5.91 Å². The number of carbonyl (C=O) groups is 1. The predicted molar refractivity (Wildman–Crippen MR) is 107 cm³/mol. The van der Waals surface area contributed by atoms with E-state index in [4.69, 9.17) is 0 Å². The molecule has 0 bridgehead atoms. The lowest BCUT2D eigenvalue weighted by Crippen LogP contribution is -2.42. The number of aromatic nitrogens is 2. The normalized spacial score (nSPS) is 19.1. The van der Waals surface area contributed by atoms with Gasteiger partial charge < -0.3 is 4.90 Å². The third kappa shape index (κ3) is 4.04. The van der Waals surface area contributed by atoms with E-state index in [0.29, 0.717) is 13.0 Å². The molecule has 0 unspecified atom stereocenters. The van der Waals surface area contributed by atoms with Crippen molar-refractivity contribution in [3.05, 3.63) is 16.8 Å². The molecular formula is C17H23N3O3S3. The number of amides is 1. The van der Waals surface area contributed by atoms with Gasteiger partial charge in [0, 0.05) is 22.8 Å². The van der Waals surface area contributed by atoms with Crippen LogP contribution in [0, 0.1) is 13.8 Å². The molecule has 0 radical (unpaired) electrons. The molecule has 0 spiro atoms. The molecule has 0 aromatic carbocycles. The molecular weight excluding hydrogens is 390 g/mol. The summed E-state index contributed by atoms with van der Waals surface area (Å²) in [6, 6.07) is -0.191. The van der Waals surface area contributed by atoms with Crippen LogP contribution in [-0.4, -0.2) is 59.0 Å². The van der Waals surface area contributed by atoms with Crippen molar-refractivity contribution in [2.24, 2.45) is 0 Å². The second-order valence-electron chi connectivity index (χ2n) is 6.57. The van der Waals surface area contributed by atoms with Crippen LogP contribution in [-0.2, 0) is 14.6 Å². The Balaban J connectivity index is 1.75. The summed E-state index contributed by atoms with van der Waals surface area (Å²) in [6.07, 6.45) is 2.89. The van der Waals surface area contributed by atoms with E-state index in [1.54, 1.807) is 16.2 Å². The van der Waals surface area contributed by atoms with Crippen LogP contribution < -0.4 is 0 Å². The SMILES string of the molecule is CCCN(C(=O)CSc1ncnc2sc(C)c(C)c12)[C@@H]1CCS(=O)(=O)C1. The maximum absolute atomic E-state index is 12.8. The van der Waals surface area contributed by atoms with Gasteiger partial charge in [-0.25, -0.2) is 18.4 Å². The second kappa shape index (κ2) is 7.82. The molecule has 3 heterocycles. The molecule has 1 aliphatic heterocycles.